The third-order valence-electron chi connectivity index (χ3n) is 5.14. The number of benzene rings is 1. The third-order valence-corrected chi connectivity index (χ3v) is 5.14. The summed E-state index contributed by atoms with van der Waals surface area (Å²) in [5.74, 6) is -0.723. The summed E-state index contributed by atoms with van der Waals surface area (Å²) >= 11 is 0. The van der Waals surface area contributed by atoms with Crippen molar-refractivity contribution < 1.29 is 31.9 Å². The molecule has 1 aromatic heterocycles. The Hall–Kier alpha value is -2.75. The van der Waals surface area contributed by atoms with Crippen molar-refractivity contribution in [2.75, 3.05) is 37.6 Å². The van der Waals surface area contributed by atoms with Gasteiger partial charge in [0, 0.05) is 39.1 Å². The Bertz CT molecular complexity index is 878. The van der Waals surface area contributed by atoms with E-state index in [1.165, 1.54) is 24.0 Å². The van der Waals surface area contributed by atoms with Gasteiger partial charge in [0.05, 0.1) is 5.69 Å². The van der Waals surface area contributed by atoms with Crippen molar-refractivity contribution in [2.45, 2.75) is 25.1 Å². The molecule has 1 atom stereocenters. The maximum absolute atomic E-state index is 13.9. The number of aliphatic hydroxyl groups is 1. The molecule has 30 heavy (non-hydrogen) atoms. The van der Waals surface area contributed by atoms with Crippen LogP contribution in [0.3, 0.4) is 0 Å². The molecule has 0 aliphatic carbocycles. The summed E-state index contributed by atoms with van der Waals surface area (Å²) in [4.78, 5) is 15.6. The largest absolute Gasteiger partial charge is 0.463 e. The fraction of sp³-hybridized carbons (Fsp3) is 0.450. The van der Waals surface area contributed by atoms with Crippen LogP contribution in [0.15, 0.2) is 40.8 Å². The number of piperazine rings is 1. The smallest absolute Gasteiger partial charge is 0.424 e. The van der Waals surface area contributed by atoms with Crippen LogP contribution in [0, 0.1) is 12.7 Å². The van der Waals surface area contributed by atoms with Crippen molar-refractivity contribution in [3.8, 4) is 0 Å². The number of amides is 2. The minimum atomic E-state index is -4.96. The third kappa shape index (κ3) is 4.53. The van der Waals surface area contributed by atoms with Gasteiger partial charge in [0.2, 0.25) is 5.60 Å². The van der Waals surface area contributed by atoms with E-state index in [4.69, 9.17) is 4.42 Å². The van der Waals surface area contributed by atoms with E-state index in [1.54, 1.807) is 23.1 Å². The van der Waals surface area contributed by atoms with Gasteiger partial charge in [-0.25, -0.2) is 9.18 Å². The quantitative estimate of drug-likeness (QED) is 0.715. The lowest BCUT2D eigenvalue weighted by Crippen LogP contribution is -2.53. The molecular formula is C20H23F4N3O3. The van der Waals surface area contributed by atoms with Crippen molar-refractivity contribution in [1.29, 1.82) is 0 Å². The van der Waals surface area contributed by atoms with Gasteiger partial charge in [-0.3, -0.25) is 0 Å². The van der Waals surface area contributed by atoms with Gasteiger partial charge in [-0.15, -0.1) is 0 Å². The van der Waals surface area contributed by atoms with Crippen LogP contribution in [0.2, 0.25) is 0 Å². The second-order valence-corrected chi connectivity index (χ2v) is 7.18. The summed E-state index contributed by atoms with van der Waals surface area (Å²) in [6, 6.07) is 8.19. The predicted octanol–water partition coefficient (Wildman–Crippen LogP) is 3.40. The van der Waals surface area contributed by atoms with Crippen molar-refractivity contribution in [1.82, 2.24) is 10.2 Å². The molecule has 1 unspecified atom stereocenters. The van der Waals surface area contributed by atoms with E-state index >= 15 is 0 Å². The van der Waals surface area contributed by atoms with E-state index in [0.717, 1.165) is 6.07 Å². The molecule has 0 bridgehead atoms. The first-order valence-electron chi connectivity index (χ1n) is 9.50. The number of rotatable bonds is 5. The Kier molecular flexibility index (Phi) is 6.25. The summed E-state index contributed by atoms with van der Waals surface area (Å²) < 4.78 is 59.2. The van der Waals surface area contributed by atoms with Crippen molar-refractivity contribution >= 4 is 11.7 Å². The second kappa shape index (κ2) is 8.55. The highest BCUT2D eigenvalue weighted by atomic mass is 19.4. The molecule has 1 aliphatic heterocycles. The highest BCUT2D eigenvalue weighted by molar-refractivity contribution is 5.74. The van der Waals surface area contributed by atoms with Gasteiger partial charge in [-0.2, -0.15) is 13.2 Å². The summed E-state index contributed by atoms with van der Waals surface area (Å²) in [7, 11) is 0. The zero-order valence-corrected chi connectivity index (χ0v) is 16.4. The molecule has 1 fully saturated rings. The molecule has 1 aromatic carbocycles. The summed E-state index contributed by atoms with van der Waals surface area (Å²) in [5.41, 5.74) is -2.75. The van der Waals surface area contributed by atoms with Crippen molar-refractivity contribution in [3.63, 3.8) is 0 Å². The molecule has 2 heterocycles. The van der Waals surface area contributed by atoms with E-state index in [9.17, 15) is 27.5 Å². The van der Waals surface area contributed by atoms with Gasteiger partial charge in [0.15, 0.2) is 0 Å². The lowest BCUT2D eigenvalue weighted by molar-refractivity contribution is -0.274. The molecule has 10 heteroatoms. The zero-order valence-electron chi connectivity index (χ0n) is 16.4. The molecule has 1 saturated heterocycles. The number of halogens is 4. The number of hydrogen-bond donors (Lipinski definition) is 2. The molecule has 2 amide bonds. The minimum Gasteiger partial charge on any atom is -0.463 e. The van der Waals surface area contributed by atoms with Crippen LogP contribution in [0.25, 0.3) is 0 Å². The summed E-state index contributed by atoms with van der Waals surface area (Å²) in [6.45, 7) is 2.45. The van der Waals surface area contributed by atoms with Gasteiger partial charge < -0.3 is 24.6 Å². The van der Waals surface area contributed by atoms with Crippen LogP contribution in [0.5, 0.6) is 0 Å². The highest BCUT2D eigenvalue weighted by Gasteiger charge is 2.56. The lowest BCUT2D eigenvalue weighted by atomic mass is 9.96. The van der Waals surface area contributed by atoms with E-state index in [1.807, 2.05) is 0 Å². The molecular weight excluding hydrogens is 406 g/mol. The molecule has 2 N–H and O–H groups in total. The van der Waals surface area contributed by atoms with Crippen LogP contribution < -0.4 is 10.2 Å². The Morgan fingerprint density at radius 3 is 2.37 bits per heavy atom. The number of alkyl halides is 3. The van der Waals surface area contributed by atoms with Gasteiger partial charge in [0.25, 0.3) is 0 Å². The first kappa shape index (κ1) is 21.9. The molecule has 6 nitrogen and oxygen atoms in total. The van der Waals surface area contributed by atoms with Gasteiger partial charge in [-0.1, -0.05) is 12.1 Å². The first-order chi connectivity index (χ1) is 14.1. The van der Waals surface area contributed by atoms with Crippen LogP contribution in [-0.2, 0) is 5.60 Å². The Labute approximate surface area is 171 Å². The molecule has 2 aromatic rings. The SMILES string of the molecule is Cc1ccc(C(O)(CCNC(=O)N2CCN(c3ccccc3F)CC2)C(F)(F)F)o1. The van der Waals surface area contributed by atoms with Crippen LogP contribution in [0.1, 0.15) is 17.9 Å². The standard InChI is InChI=1S/C20H23F4N3O3/c1-14-6-7-17(30-14)19(29,20(22,23)24)8-9-25-18(28)27-12-10-26(11-13-27)16-5-3-2-4-15(16)21/h2-7,29H,8-13H2,1H3,(H,25,28). The molecule has 0 saturated carbocycles. The highest BCUT2D eigenvalue weighted by Crippen LogP contribution is 2.42. The number of para-hydroxylation sites is 1. The molecule has 1 aliphatic rings. The zero-order chi connectivity index (χ0) is 21.9. The van der Waals surface area contributed by atoms with Crippen molar-refractivity contribution in [2.24, 2.45) is 0 Å². The van der Waals surface area contributed by atoms with E-state index in [-0.39, 0.29) is 11.6 Å². The number of carbonyl (C=O) groups is 1. The average molecular weight is 429 g/mol. The second-order valence-electron chi connectivity index (χ2n) is 7.18. The average Bonchev–Trinajstić information content (AvgIpc) is 3.14. The van der Waals surface area contributed by atoms with E-state index in [2.05, 4.69) is 5.32 Å². The maximum atomic E-state index is 13.9. The fourth-order valence-corrected chi connectivity index (χ4v) is 3.38. The number of hydrogen-bond acceptors (Lipinski definition) is 4. The molecule has 0 radical (unpaired) electrons. The minimum absolute atomic E-state index is 0.240. The Morgan fingerprint density at radius 1 is 1.13 bits per heavy atom. The number of furan rings is 1. The fourth-order valence-electron chi connectivity index (χ4n) is 3.38. The molecule has 3 rings (SSSR count). The maximum Gasteiger partial charge on any atom is 0.424 e. The van der Waals surface area contributed by atoms with Crippen LogP contribution in [0.4, 0.5) is 28.0 Å². The summed E-state index contributed by atoms with van der Waals surface area (Å²) in [5, 5.41) is 12.6. The van der Waals surface area contributed by atoms with Gasteiger partial charge >= 0.3 is 12.2 Å². The van der Waals surface area contributed by atoms with Crippen LogP contribution >= 0.6 is 0 Å². The monoisotopic (exact) mass is 429 g/mol. The normalized spacial score (nSPS) is 17.0. The van der Waals surface area contributed by atoms with Gasteiger partial charge in [0.1, 0.15) is 17.3 Å². The van der Waals surface area contributed by atoms with E-state index < -0.39 is 36.5 Å². The molecule has 164 valence electrons. The number of nitrogens with zero attached hydrogens (tertiary/aromatic N) is 2. The number of carbonyl (C=O) groups excluding carboxylic acids is 1. The van der Waals surface area contributed by atoms with Gasteiger partial charge in [-0.05, 0) is 31.2 Å². The first-order valence-corrected chi connectivity index (χ1v) is 9.50. The number of nitrogens with one attached hydrogen (secondary N) is 1. The Morgan fingerprint density at radius 2 is 1.80 bits per heavy atom. The van der Waals surface area contributed by atoms with Crippen LogP contribution in [-0.4, -0.2) is 54.9 Å². The summed E-state index contributed by atoms with van der Waals surface area (Å²) in [6.07, 6.45) is -5.75. The van der Waals surface area contributed by atoms with E-state index in [0.29, 0.717) is 31.9 Å². The molecule has 0 spiro atoms. The topological polar surface area (TPSA) is 69.0 Å². The van der Waals surface area contributed by atoms with Crippen molar-refractivity contribution in [3.05, 3.63) is 53.7 Å². The number of aryl methyl sites for hydroxylation is 1. The number of anilines is 1. The Balaban J connectivity index is 1.54. The lowest BCUT2D eigenvalue weighted by Gasteiger charge is -2.36. The number of urea groups is 1. The predicted molar refractivity (Wildman–Crippen MR) is 102 cm³/mol.